The summed E-state index contributed by atoms with van der Waals surface area (Å²) in [5, 5.41) is 11.0. The molecule has 1 unspecified atom stereocenters. The van der Waals surface area contributed by atoms with Crippen molar-refractivity contribution in [1.29, 1.82) is 0 Å². The third-order valence-corrected chi connectivity index (χ3v) is 3.69. The van der Waals surface area contributed by atoms with Gasteiger partial charge in [0.25, 0.3) is 0 Å². The SMILES string of the molecule is CCCC(O)(Cc1ccc(OC)c(F)c1)c1ccccc1. The van der Waals surface area contributed by atoms with E-state index in [-0.39, 0.29) is 5.75 Å². The van der Waals surface area contributed by atoms with Crippen molar-refractivity contribution in [1.82, 2.24) is 0 Å². The Balaban J connectivity index is 2.30. The Morgan fingerprint density at radius 2 is 1.86 bits per heavy atom. The Kier molecular flexibility index (Phi) is 4.97. The Bertz CT molecular complexity index is 583. The van der Waals surface area contributed by atoms with Gasteiger partial charge in [-0.2, -0.15) is 0 Å². The molecule has 2 nitrogen and oxygen atoms in total. The second-order valence-corrected chi connectivity index (χ2v) is 5.29. The highest BCUT2D eigenvalue weighted by Gasteiger charge is 2.28. The van der Waals surface area contributed by atoms with Crippen LogP contribution in [0.2, 0.25) is 0 Å². The molecule has 21 heavy (non-hydrogen) atoms. The van der Waals surface area contributed by atoms with E-state index in [1.165, 1.54) is 13.2 Å². The molecule has 2 aromatic rings. The lowest BCUT2D eigenvalue weighted by molar-refractivity contribution is 0.0268. The number of rotatable bonds is 6. The molecule has 0 aliphatic heterocycles. The molecule has 112 valence electrons. The predicted octanol–water partition coefficient (Wildman–Crippen LogP) is 4.06. The molecule has 0 aliphatic rings. The van der Waals surface area contributed by atoms with Gasteiger partial charge in [0, 0.05) is 6.42 Å². The Labute approximate surface area is 125 Å². The van der Waals surface area contributed by atoms with Crippen molar-refractivity contribution in [3.05, 3.63) is 65.5 Å². The second-order valence-electron chi connectivity index (χ2n) is 5.29. The monoisotopic (exact) mass is 288 g/mol. The van der Waals surface area contributed by atoms with Crippen LogP contribution in [0.3, 0.4) is 0 Å². The van der Waals surface area contributed by atoms with E-state index in [1.807, 2.05) is 37.3 Å². The van der Waals surface area contributed by atoms with Gasteiger partial charge >= 0.3 is 0 Å². The maximum atomic E-state index is 13.8. The van der Waals surface area contributed by atoms with Gasteiger partial charge in [-0.15, -0.1) is 0 Å². The molecule has 0 radical (unpaired) electrons. The van der Waals surface area contributed by atoms with Crippen LogP contribution in [0.5, 0.6) is 5.75 Å². The van der Waals surface area contributed by atoms with E-state index < -0.39 is 11.4 Å². The molecule has 2 aromatic carbocycles. The first-order valence-corrected chi connectivity index (χ1v) is 7.19. The van der Waals surface area contributed by atoms with Crippen molar-refractivity contribution < 1.29 is 14.2 Å². The van der Waals surface area contributed by atoms with E-state index in [9.17, 15) is 9.50 Å². The first-order valence-electron chi connectivity index (χ1n) is 7.19. The lowest BCUT2D eigenvalue weighted by Crippen LogP contribution is -2.28. The van der Waals surface area contributed by atoms with Gasteiger partial charge in [0.1, 0.15) is 0 Å². The highest BCUT2D eigenvalue weighted by atomic mass is 19.1. The minimum atomic E-state index is -0.975. The molecular weight excluding hydrogens is 267 g/mol. The molecule has 0 fully saturated rings. The summed E-state index contributed by atoms with van der Waals surface area (Å²) in [6.45, 7) is 2.03. The topological polar surface area (TPSA) is 29.5 Å². The largest absolute Gasteiger partial charge is 0.494 e. The minimum Gasteiger partial charge on any atom is -0.494 e. The van der Waals surface area contributed by atoms with Crippen molar-refractivity contribution in [2.75, 3.05) is 7.11 Å². The van der Waals surface area contributed by atoms with Crippen LogP contribution in [0.4, 0.5) is 4.39 Å². The predicted molar refractivity (Wildman–Crippen MR) is 81.9 cm³/mol. The molecule has 0 aliphatic carbocycles. The molecule has 0 saturated carbocycles. The summed E-state index contributed by atoms with van der Waals surface area (Å²) in [6, 6.07) is 14.4. The highest BCUT2D eigenvalue weighted by molar-refractivity contribution is 5.32. The van der Waals surface area contributed by atoms with E-state index in [2.05, 4.69) is 0 Å². The van der Waals surface area contributed by atoms with E-state index in [4.69, 9.17) is 4.74 Å². The van der Waals surface area contributed by atoms with Crippen LogP contribution in [-0.2, 0) is 12.0 Å². The summed E-state index contributed by atoms with van der Waals surface area (Å²) < 4.78 is 18.7. The molecule has 1 N–H and O–H groups in total. The zero-order valence-corrected chi connectivity index (χ0v) is 12.5. The summed E-state index contributed by atoms with van der Waals surface area (Å²) in [7, 11) is 1.44. The summed E-state index contributed by atoms with van der Waals surface area (Å²) >= 11 is 0. The molecule has 0 aromatic heterocycles. The fraction of sp³-hybridized carbons (Fsp3) is 0.333. The maximum absolute atomic E-state index is 13.8. The van der Waals surface area contributed by atoms with Gasteiger partial charge in [0.2, 0.25) is 0 Å². The van der Waals surface area contributed by atoms with E-state index in [1.54, 1.807) is 12.1 Å². The van der Waals surface area contributed by atoms with Gasteiger partial charge in [-0.25, -0.2) is 4.39 Å². The number of halogens is 1. The first-order chi connectivity index (χ1) is 10.1. The number of methoxy groups -OCH3 is 1. The Hall–Kier alpha value is -1.87. The molecule has 0 bridgehead atoms. The number of aliphatic hydroxyl groups is 1. The van der Waals surface area contributed by atoms with E-state index in [0.29, 0.717) is 12.8 Å². The average molecular weight is 288 g/mol. The smallest absolute Gasteiger partial charge is 0.165 e. The van der Waals surface area contributed by atoms with E-state index >= 15 is 0 Å². The van der Waals surface area contributed by atoms with Crippen LogP contribution in [0.15, 0.2) is 48.5 Å². The average Bonchev–Trinajstić information content (AvgIpc) is 2.48. The maximum Gasteiger partial charge on any atom is 0.165 e. The number of benzene rings is 2. The minimum absolute atomic E-state index is 0.220. The van der Waals surface area contributed by atoms with Crippen LogP contribution in [0, 0.1) is 5.82 Å². The van der Waals surface area contributed by atoms with Gasteiger partial charge in [-0.1, -0.05) is 49.7 Å². The van der Waals surface area contributed by atoms with Crippen molar-refractivity contribution in [2.45, 2.75) is 31.8 Å². The van der Waals surface area contributed by atoms with Gasteiger partial charge in [-0.05, 0) is 29.7 Å². The number of ether oxygens (including phenoxy) is 1. The van der Waals surface area contributed by atoms with E-state index in [0.717, 1.165) is 17.5 Å². The van der Waals surface area contributed by atoms with Gasteiger partial charge in [0.15, 0.2) is 11.6 Å². The summed E-state index contributed by atoms with van der Waals surface area (Å²) in [5.74, 6) is -0.181. The Morgan fingerprint density at radius 3 is 2.43 bits per heavy atom. The van der Waals surface area contributed by atoms with Crippen LogP contribution in [-0.4, -0.2) is 12.2 Å². The molecule has 0 heterocycles. The number of hydrogen-bond donors (Lipinski definition) is 1. The summed E-state index contributed by atoms with van der Waals surface area (Å²) in [6.07, 6.45) is 1.86. The summed E-state index contributed by atoms with van der Waals surface area (Å²) in [4.78, 5) is 0. The summed E-state index contributed by atoms with van der Waals surface area (Å²) in [5.41, 5.74) is 0.646. The zero-order valence-electron chi connectivity index (χ0n) is 12.5. The van der Waals surface area contributed by atoms with Crippen molar-refractivity contribution in [3.63, 3.8) is 0 Å². The van der Waals surface area contributed by atoms with Gasteiger partial charge in [0.05, 0.1) is 12.7 Å². The fourth-order valence-corrected chi connectivity index (χ4v) is 2.65. The highest BCUT2D eigenvalue weighted by Crippen LogP contribution is 2.31. The second kappa shape index (κ2) is 6.72. The quantitative estimate of drug-likeness (QED) is 0.868. The van der Waals surface area contributed by atoms with Crippen LogP contribution in [0.1, 0.15) is 30.9 Å². The van der Waals surface area contributed by atoms with Crippen molar-refractivity contribution in [2.24, 2.45) is 0 Å². The van der Waals surface area contributed by atoms with Gasteiger partial charge < -0.3 is 9.84 Å². The van der Waals surface area contributed by atoms with Crippen molar-refractivity contribution in [3.8, 4) is 5.75 Å². The molecule has 2 rings (SSSR count). The lowest BCUT2D eigenvalue weighted by Gasteiger charge is -2.29. The van der Waals surface area contributed by atoms with Gasteiger partial charge in [-0.3, -0.25) is 0 Å². The number of hydrogen-bond acceptors (Lipinski definition) is 2. The molecule has 0 spiro atoms. The molecule has 3 heteroatoms. The standard InChI is InChI=1S/C18H21FO2/c1-3-11-18(20,15-7-5-4-6-8-15)13-14-9-10-17(21-2)16(19)12-14/h4-10,12,20H,3,11,13H2,1-2H3. The Morgan fingerprint density at radius 1 is 1.14 bits per heavy atom. The van der Waals surface area contributed by atoms with Crippen LogP contribution in [0.25, 0.3) is 0 Å². The first kappa shape index (κ1) is 15.5. The fourth-order valence-electron chi connectivity index (χ4n) is 2.65. The molecule has 1 atom stereocenters. The zero-order chi connectivity index (χ0) is 15.3. The van der Waals surface area contributed by atoms with Crippen LogP contribution >= 0.6 is 0 Å². The van der Waals surface area contributed by atoms with Crippen molar-refractivity contribution >= 4 is 0 Å². The lowest BCUT2D eigenvalue weighted by atomic mass is 9.83. The third kappa shape index (κ3) is 3.61. The third-order valence-electron chi connectivity index (χ3n) is 3.69. The normalized spacial score (nSPS) is 13.7. The molecular formula is C18H21FO2. The molecule has 0 amide bonds. The van der Waals surface area contributed by atoms with Crippen LogP contribution < -0.4 is 4.74 Å². The molecule has 0 saturated heterocycles.